The molecule has 10 nitrogen and oxygen atoms in total. The summed E-state index contributed by atoms with van der Waals surface area (Å²) in [6.07, 6.45) is 3.90. The zero-order valence-electron chi connectivity index (χ0n) is 25.8. The van der Waals surface area contributed by atoms with Gasteiger partial charge in [-0.2, -0.15) is 0 Å². The quantitative estimate of drug-likeness (QED) is 0.122. The van der Waals surface area contributed by atoms with Crippen LogP contribution in [0.3, 0.4) is 0 Å². The third kappa shape index (κ3) is 14.4. The van der Waals surface area contributed by atoms with Gasteiger partial charge in [0.1, 0.15) is 23.9 Å². The molecule has 1 aromatic carbocycles. The Kier molecular flexibility index (Phi) is 16.0. The lowest BCUT2D eigenvalue weighted by Crippen LogP contribution is -2.40. The van der Waals surface area contributed by atoms with Gasteiger partial charge in [0, 0.05) is 12.8 Å². The molecular weight excluding hydrogens is 530 g/mol. The number of rotatable bonds is 18. The summed E-state index contributed by atoms with van der Waals surface area (Å²) in [5, 5.41) is 0. The highest BCUT2D eigenvalue weighted by atomic mass is 16.7. The van der Waals surface area contributed by atoms with Gasteiger partial charge >= 0.3 is 24.1 Å². The Morgan fingerprint density at radius 1 is 0.805 bits per heavy atom. The number of hydrogen-bond acceptors (Lipinski definition) is 10. The molecule has 0 saturated carbocycles. The van der Waals surface area contributed by atoms with Crippen molar-refractivity contribution in [2.45, 2.75) is 137 Å². The van der Waals surface area contributed by atoms with Gasteiger partial charge in [-0.05, 0) is 71.1 Å². The Bertz CT molecular complexity index is 992. The number of benzene rings is 1. The predicted molar refractivity (Wildman–Crippen MR) is 155 cm³/mol. The van der Waals surface area contributed by atoms with Gasteiger partial charge in [0.15, 0.2) is 11.5 Å². The van der Waals surface area contributed by atoms with E-state index in [4.69, 9.17) is 29.4 Å². The third-order valence-corrected chi connectivity index (χ3v) is 6.64. The first kappa shape index (κ1) is 35.9. The Morgan fingerprint density at radius 2 is 1.34 bits per heavy atom. The molecule has 1 rings (SSSR count). The first-order chi connectivity index (χ1) is 19.3. The Hall–Kier alpha value is -3.14. The lowest BCUT2D eigenvalue weighted by Gasteiger charge is -2.26. The molecule has 0 fully saturated rings. The highest BCUT2D eigenvalue weighted by Gasteiger charge is 2.28. The molecule has 0 spiro atoms. The molecule has 0 amide bonds. The second-order valence-corrected chi connectivity index (χ2v) is 10.9. The van der Waals surface area contributed by atoms with Gasteiger partial charge in [-0.1, -0.05) is 52.5 Å². The standard InChI is InChI=1S/C31H49NO9/c1-8-11-13-15-27(33)39-25-18-17-23(20-26(25)40-28(34)16-14-12-9-2)19-24(32)29(35)37-21(4)22(5)38-30(36)41-31(6,7)10-3/h17-18,20-22,24H,8-16,19,32H2,1-7H3/t21-,22?,24-/m0/s1. The summed E-state index contributed by atoms with van der Waals surface area (Å²) >= 11 is 0. The van der Waals surface area contributed by atoms with Gasteiger partial charge < -0.3 is 29.4 Å². The molecule has 0 saturated heterocycles. The highest BCUT2D eigenvalue weighted by molar-refractivity contribution is 5.77. The summed E-state index contributed by atoms with van der Waals surface area (Å²) in [4.78, 5) is 49.5. The fourth-order valence-corrected chi connectivity index (χ4v) is 3.50. The molecular formula is C31H49NO9. The maximum absolute atomic E-state index is 12.7. The van der Waals surface area contributed by atoms with E-state index in [2.05, 4.69) is 0 Å². The Balaban J connectivity index is 2.88. The van der Waals surface area contributed by atoms with E-state index in [-0.39, 0.29) is 30.8 Å². The first-order valence-electron chi connectivity index (χ1n) is 14.7. The van der Waals surface area contributed by atoms with Crippen molar-refractivity contribution in [3.8, 4) is 11.5 Å². The van der Waals surface area contributed by atoms with E-state index in [0.717, 1.165) is 25.7 Å². The topological polar surface area (TPSA) is 140 Å². The van der Waals surface area contributed by atoms with E-state index in [1.165, 1.54) is 6.07 Å². The van der Waals surface area contributed by atoms with Crippen molar-refractivity contribution in [3.63, 3.8) is 0 Å². The first-order valence-corrected chi connectivity index (χ1v) is 14.7. The molecule has 232 valence electrons. The summed E-state index contributed by atoms with van der Waals surface area (Å²) in [5.41, 5.74) is 6.03. The Morgan fingerprint density at radius 3 is 1.88 bits per heavy atom. The van der Waals surface area contributed by atoms with Crippen molar-refractivity contribution >= 4 is 24.1 Å². The van der Waals surface area contributed by atoms with Crippen LogP contribution in [-0.4, -0.2) is 47.9 Å². The minimum Gasteiger partial charge on any atom is -0.458 e. The van der Waals surface area contributed by atoms with Crippen molar-refractivity contribution < 1.29 is 42.9 Å². The molecule has 1 aromatic rings. The third-order valence-electron chi connectivity index (χ3n) is 6.64. The van der Waals surface area contributed by atoms with Gasteiger partial charge in [0.25, 0.3) is 0 Å². The molecule has 10 heteroatoms. The van der Waals surface area contributed by atoms with Crippen molar-refractivity contribution in [3.05, 3.63) is 23.8 Å². The van der Waals surface area contributed by atoms with Crippen LogP contribution in [0, 0.1) is 0 Å². The minimum absolute atomic E-state index is 0.0681. The molecule has 1 unspecified atom stereocenters. The second kappa shape index (κ2) is 18.3. The smallest absolute Gasteiger partial charge is 0.458 e. The SMILES string of the molecule is CCCCCC(=O)Oc1ccc(C[C@H](N)C(=O)O[C@@H](C)C(C)OC(=O)OC(C)(C)CC)cc1OC(=O)CCCCC. The van der Waals surface area contributed by atoms with E-state index in [1.807, 2.05) is 20.8 Å². The van der Waals surface area contributed by atoms with Gasteiger partial charge in [-0.25, -0.2) is 4.79 Å². The van der Waals surface area contributed by atoms with Crippen LogP contribution in [0.2, 0.25) is 0 Å². The summed E-state index contributed by atoms with van der Waals surface area (Å²) in [5.74, 6) is -1.32. The van der Waals surface area contributed by atoms with Gasteiger partial charge in [-0.15, -0.1) is 0 Å². The number of hydrogen-bond donors (Lipinski definition) is 1. The monoisotopic (exact) mass is 579 g/mol. The minimum atomic E-state index is -1.05. The van der Waals surface area contributed by atoms with Crippen molar-refractivity contribution in [2.24, 2.45) is 5.73 Å². The number of ether oxygens (including phenoxy) is 5. The normalized spacial score (nSPS) is 13.5. The predicted octanol–water partition coefficient (Wildman–Crippen LogP) is 6.19. The zero-order valence-corrected chi connectivity index (χ0v) is 25.8. The van der Waals surface area contributed by atoms with Crippen LogP contribution in [-0.2, 0) is 35.0 Å². The van der Waals surface area contributed by atoms with Crippen LogP contribution >= 0.6 is 0 Å². The Labute approximate surface area is 244 Å². The lowest BCUT2D eigenvalue weighted by atomic mass is 10.1. The van der Waals surface area contributed by atoms with Crippen LogP contribution in [0.15, 0.2) is 18.2 Å². The average Bonchev–Trinajstić information content (AvgIpc) is 2.89. The highest BCUT2D eigenvalue weighted by Crippen LogP contribution is 2.30. The average molecular weight is 580 g/mol. The summed E-state index contributed by atoms with van der Waals surface area (Å²) in [6.45, 7) is 12.7. The van der Waals surface area contributed by atoms with Gasteiger partial charge in [0.05, 0.1) is 0 Å². The molecule has 0 heterocycles. The summed E-state index contributed by atoms with van der Waals surface area (Å²) < 4.78 is 27.0. The van der Waals surface area contributed by atoms with E-state index in [0.29, 0.717) is 24.8 Å². The summed E-state index contributed by atoms with van der Waals surface area (Å²) in [7, 11) is 0. The van der Waals surface area contributed by atoms with Gasteiger partial charge in [-0.3, -0.25) is 14.4 Å². The molecule has 2 N–H and O–H groups in total. The largest absolute Gasteiger partial charge is 0.509 e. The maximum atomic E-state index is 12.7. The van der Waals surface area contributed by atoms with E-state index in [9.17, 15) is 19.2 Å². The van der Waals surface area contributed by atoms with Crippen LogP contribution in [0.1, 0.15) is 112 Å². The molecule has 0 aliphatic heterocycles. The molecule has 0 aliphatic carbocycles. The molecule has 3 atom stereocenters. The van der Waals surface area contributed by atoms with Crippen LogP contribution in [0.5, 0.6) is 11.5 Å². The van der Waals surface area contributed by atoms with E-state index >= 15 is 0 Å². The molecule has 41 heavy (non-hydrogen) atoms. The van der Waals surface area contributed by atoms with Crippen molar-refractivity contribution in [2.75, 3.05) is 0 Å². The van der Waals surface area contributed by atoms with E-state index in [1.54, 1.807) is 39.8 Å². The van der Waals surface area contributed by atoms with Crippen molar-refractivity contribution in [1.82, 2.24) is 0 Å². The second-order valence-electron chi connectivity index (χ2n) is 10.9. The zero-order chi connectivity index (χ0) is 31.0. The molecule has 0 radical (unpaired) electrons. The molecule has 0 aromatic heterocycles. The number of esters is 3. The lowest BCUT2D eigenvalue weighted by molar-refractivity contribution is -0.156. The van der Waals surface area contributed by atoms with E-state index < -0.39 is 47.9 Å². The fourth-order valence-electron chi connectivity index (χ4n) is 3.50. The van der Waals surface area contributed by atoms with Gasteiger partial charge in [0.2, 0.25) is 0 Å². The molecule has 0 aliphatic rings. The number of unbranched alkanes of at least 4 members (excludes halogenated alkanes) is 4. The number of nitrogens with two attached hydrogens (primary N) is 1. The number of carbonyl (C=O) groups excluding carboxylic acids is 4. The fraction of sp³-hybridized carbons (Fsp3) is 0.677. The number of carbonyl (C=O) groups is 4. The molecule has 0 bridgehead atoms. The van der Waals surface area contributed by atoms with Crippen LogP contribution < -0.4 is 15.2 Å². The van der Waals surface area contributed by atoms with Crippen LogP contribution in [0.4, 0.5) is 4.79 Å². The maximum Gasteiger partial charge on any atom is 0.509 e. The summed E-state index contributed by atoms with van der Waals surface area (Å²) in [6, 6.07) is 3.67. The van der Waals surface area contributed by atoms with Crippen LogP contribution in [0.25, 0.3) is 0 Å². The van der Waals surface area contributed by atoms with Crippen molar-refractivity contribution in [1.29, 1.82) is 0 Å².